The monoisotopic (exact) mass is 995 g/mol. The van der Waals surface area contributed by atoms with Gasteiger partial charge in [0.25, 0.3) is 0 Å². The summed E-state index contributed by atoms with van der Waals surface area (Å²) in [7, 11) is -7.56. The van der Waals surface area contributed by atoms with Gasteiger partial charge in [-0.2, -0.15) is 0 Å². The van der Waals surface area contributed by atoms with Crippen molar-refractivity contribution in [2.45, 2.75) is 233 Å². The van der Waals surface area contributed by atoms with E-state index in [0.717, 1.165) is 25.7 Å². The second-order valence-electron chi connectivity index (χ2n) is 19.3. The van der Waals surface area contributed by atoms with Crippen LogP contribution in [0.3, 0.4) is 0 Å². The van der Waals surface area contributed by atoms with Crippen molar-refractivity contribution in [3.05, 3.63) is 119 Å². The van der Waals surface area contributed by atoms with E-state index in [2.05, 4.69) is 27.7 Å². The molecule has 4 aromatic carbocycles. The van der Waals surface area contributed by atoms with E-state index in [1.165, 1.54) is 202 Å². The molecule has 374 valence electrons. The zero-order valence-electron chi connectivity index (χ0n) is 42.7. The summed E-state index contributed by atoms with van der Waals surface area (Å²) >= 11 is 0. The van der Waals surface area contributed by atoms with Crippen molar-refractivity contribution in [1.29, 1.82) is 0 Å². The third-order valence-electron chi connectivity index (χ3n) is 13.4. The van der Waals surface area contributed by atoms with Gasteiger partial charge in [-0.1, -0.05) is 279 Å². The van der Waals surface area contributed by atoms with Crippen molar-refractivity contribution in [2.75, 3.05) is 0 Å². The quantitative estimate of drug-likeness (QED) is 0.0258. The van der Waals surface area contributed by atoms with E-state index in [1.807, 2.05) is 48.5 Å². The smallest absolute Gasteiger partial charge is 0.793 e. The van der Waals surface area contributed by atoms with Crippen LogP contribution in [0.4, 0.5) is 0 Å². The molecule has 0 fully saturated rings. The molecule has 4 rings (SSSR count). The molecule has 0 unspecified atom stereocenters. The Morgan fingerprint density at radius 3 is 0.582 bits per heavy atom. The largest absolute Gasteiger partial charge is 2.00 e. The van der Waals surface area contributed by atoms with E-state index in [4.69, 9.17) is 0 Å². The fraction of sp³-hybridized carbons (Fsp3) is 0.600. The summed E-state index contributed by atoms with van der Waals surface area (Å²) in [6.07, 6.45) is 40.4. The van der Waals surface area contributed by atoms with E-state index in [9.17, 15) is 18.9 Å². The number of hydrogen-bond donors (Lipinski definition) is 0. The molecule has 0 heterocycles. The SMILES string of the molecule is CCCCCCCCCc1ccc(P(=O)([O-])c2ccc(CCCCCCCCC)cc2)cc1.CCCCCCCCCc1ccc(P(=O)([O-])c2ccc(CCCCCCCCC)cc2)cc1.[Fe+2]. The van der Waals surface area contributed by atoms with Crippen molar-refractivity contribution >= 4 is 36.0 Å². The first kappa shape index (κ1) is 60.9. The summed E-state index contributed by atoms with van der Waals surface area (Å²) in [6, 6.07) is 30.2. The summed E-state index contributed by atoms with van der Waals surface area (Å²) in [6.45, 7) is 8.99. The van der Waals surface area contributed by atoms with Crippen LogP contribution in [0.15, 0.2) is 97.1 Å². The first-order valence-electron chi connectivity index (χ1n) is 27.2. The maximum Gasteiger partial charge on any atom is 2.00 e. The zero-order chi connectivity index (χ0) is 47.6. The number of aryl methyl sites for hydroxylation is 4. The minimum Gasteiger partial charge on any atom is -0.793 e. The van der Waals surface area contributed by atoms with Gasteiger partial charge in [-0.25, -0.2) is 0 Å². The minimum absolute atomic E-state index is 0. The van der Waals surface area contributed by atoms with Crippen LogP contribution >= 0.6 is 14.7 Å². The minimum atomic E-state index is -3.78. The second-order valence-corrected chi connectivity index (χ2v) is 23.5. The summed E-state index contributed by atoms with van der Waals surface area (Å²) in [5.74, 6) is 0. The maximum atomic E-state index is 13.1. The fourth-order valence-corrected chi connectivity index (χ4v) is 11.6. The maximum absolute atomic E-state index is 13.1. The molecule has 7 heteroatoms. The summed E-state index contributed by atoms with van der Waals surface area (Å²) in [4.78, 5) is 26.1. The Morgan fingerprint density at radius 2 is 0.418 bits per heavy atom. The van der Waals surface area contributed by atoms with Gasteiger partial charge in [0.1, 0.15) is 0 Å². The number of rotatable bonds is 36. The van der Waals surface area contributed by atoms with Gasteiger partial charge in [0.05, 0.1) is 14.7 Å². The van der Waals surface area contributed by atoms with E-state index >= 15 is 0 Å². The average molecular weight is 995 g/mol. The van der Waals surface area contributed by atoms with E-state index in [1.54, 1.807) is 48.5 Å². The van der Waals surface area contributed by atoms with Crippen molar-refractivity contribution in [3.8, 4) is 0 Å². The van der Waals surface area contributed by atoms with Gasteiger partial charge < -0.3 is 18.9 Å². The molecule has 0 bridgehead atoms. The molecule has 0 spiro atoms. The van der Waals surface area contributed by atoms with E-state index in [0.29, 0.717) is 21.2 Å². The van der Waals surface area contributed by atoms with Crippen LogP contribution in [0.1, 0.15) is 230 Å². The summed E-state index contributed by atoms with van der Waals surface area (Å²) in [5.41, 5.74) is 4.93. The van der Waals surface area contributed by atoms with E-state index in [-0.39, 0.29) is 17.1 Å². The molecule has 4 aromatic rings. The molecule has 67 heavy (non-hydrogen) atoms. The fourth-order valence-electron chi connectivity index (χ4n) is 8.88. The van der Waals surface area contributed by atoms with Crippen LogP contribution in [0.2, 0.25) is 0 Å². The van der Waals surface area contributed by atoms with Gasteiger partial charge in [0.15, 0.2) is 0 Å². The van der Waals surface area contributed by atoms with Gasteiger partial charge in [-0.3, -0.25) is 0 Å². The molecule has 0 aliphatic carbocycles. The molecule has 0 aromatic heterocycles. The average Bonchev–Trinajstić information content (AvgIpc) is 3.33. The molecule has 0 aliphatic heterocycles. The standard InChI is InChI=1S/2C30H47O2P.Fe/c2*1-3-5-7-9-11-13-15-17-27-19-23-29(24-20-27)33(31,32)30-25-21-28(22-26-30)18-16-14-12-10-8-6-4-2;/h2*19-26H,3-18H2,1-2H3,(H,31,32);/q;;+2/p-2. The van der Waals surface area contributed by atoms with Crippen molar-refractivity contribution in [3.63, 3.8) is 0 Å². The summed E-state index contributed by atoms with van der Waals surface area (Å²) in [5, 5.41) is 1.69. The Bertz CT molecular complexity index is 1610. The molecular formula is C60H92FeO4P2. The Labute approximate surface area is 422 Å². The van der Waals surface area contributed by atoms with Gasteiger partial charge in [0, 0.05) is 21.2 Å². The van der Waals surface area contributed by atoms with E-state index < -0.39 is 14.7 Å². The first-order valence-corrected chi connectivity index (χ1v) is 30.4. The third-order valence-corrected chi connectivity index (χ3v) is 17.3. The first-order chi connectivity index (χ1) is 32.1. The van der Waals surface area contributed by atoms with Crippen LogP contribution in [-0.2, 0) is 51.9 Å². The molecule has 0 atom stereocenters. The Morgan fingerprint density at radius 1 is 0.269 bits per heavy atom. The predicted octanol–water partition coefficient (Wildman–Crippen LogP) is 15.7. The van der Waals surface area contributed by atoms with Crippen molar-refractivity contribution < 1.29 is 36.0 Å². The van der Waals surface area contributed by atoms with Gasteiger partial charge in [-0.15, -0.1) is 0 Å². The molecule has 0 radical (unpaired) electrons. The zero-order valence-corrected chi connectivity index (χ0v) is 45.6. The molecule has 0 aliphatic rings. The molecular weight excluding hydrogens is 902 g/mol. The molecule has 4 nitrogen and oxygen atoms in total. The molecule has 0 saturated carbocycles. The predicted molar refractivity (Wildman–Crippen MR) is 286 cm³/mol. The van der Waals surface area contributed by atoms with Crippen LogP contribution in [0.5, 0.6) is 0 Å². The van der Waals surface area contributed by atoms with Crippen molar-refractivity contribution in [2.24, 2.45) is 0 Å². The van der Waals surface area contributed by atoms with Crippen LogP contribution in [0.25, 0.3) is 0 Å². The van der Waals surface area contributed by atoms with Crippen molar-refractivity contribution in [1.82, 2.24) is 0 Å². The number of hydrogen-bond acceptors (Lipinski definition) is 4. The van der Waals surface area contributed by atoms with Gasteiger partial charge >= 0.3 is 17.1 Å². The number of unbranched alkanes of at least 4 members (excludes halogenated alkanes) is 24. The summed E-state index contributed by atoms with van der Waals surface area (Å²) < 4.78 is 26.1. The third kappa shape index (κ3) is 25.5. The Kier molecular flexibility index (Phi) is 34.2. The molecule has 0 saturated heterocycles. The Hall–Kier alpha value is -2.22. The van der Waals surface area contributed by atoms with Gasteiger partial charge in [-0.05, 0) is 73.6 Å². The number of benzene rings is 4. The van der Waals surface area contributed by atoms with Gasteiger partial charge in [0.2, 0.25) is 0 Å². The second kappa shape index (κ2) is 37.6. The van der Waals surface area contributed by atoms with Crippen LogP contribution in [0, 0.1) is 0 Å². The van der Waals surface area contributed by atoms with Crippen LogP contribution < -0.4 is 31.0 Å². The topological polar surface area (TPSA) is 80.3 Å². The normalized spacial score (nSPS) is 11.6. The molecule has 0 N–H and O–H groups in total. The van der Waals surface area contributed by atoms with Crippen LogP contribution in [-0.4, -0.2) is 0 Å². The molecule has 0 amide bonds. The Balaban J connectivity index is 0.000000453.